The number of nitrogens with two attached hydrogens (primary N) is 1. The molecule has 4 nitrogen and oxygen atoms in total. The first-order valence-corrected chi connectivity index (χ1v) is 10.3. The second-order valence-electron chi connectivity index (χ2n) is 8.01. The standard InChI is InChI=1S/C21H34N2O2/c24-19(17-25-20-10-4-1-5-11-20)16-22-18-21(12-6-2-7-13-21)23-14-8-3-9-15-23/h1,4-5,10-11,19,22,24H,2-3,6-9,12-18H2/p+2/t19-/m1/s1. The number of para-hydroxylation sites is 1. The van der Waals surface area contributed by atoms with Gasteiger partial charge in [0.2, 0.25) is 0 Å². The Morgan fingerprint density at radius 3 is 2.40 bits per heavy atom. The molecule has 140 valence electrons. The molecule has 25 heavy (non-hydrogen) atoms. The summed E-state index contributed by atoms with van der Waals surface area (Å²) in [6, 6.07) is 9.77. The highest BCUT2D eigenvalue weighted by Crippen LogP contribution is 2.25. The third kappa shape index (κ3) is 5.44. The average molecular weight is 349 g/mol. The van der Waals surface area contributed by atoms with Crippen molar-refractivity contribution in [3.05, 3.63) is 30.3 Å². The molecular formula is C21H36N2O2+2. The maximum atomic E-state index is 10.3. The average Bonchev–Trinajstić information content (AvgIpc) is 2.69. The third-order valence-electron chi connectivity index (χ3n) is 6.18. The Morgan fingerprint density at radius 1 is 1.00 bits per heavy atom. The highest BCUT2D eigenvalue weighted by molar-refractivity contribution is 5.20. The molecule has 0 unspecified atom stereocenters. The molecule has 0 spiro atoms. The number of rotatable bonds is 8. The monoisotopic (exact) mass is 348 g/mol. The summed E-state index contributed by atoms with van der Waals surface area (Å²) >= 11 is 0. The van der Waals surface area contributed by atoms with Crippen LogP contribution in [0, 0.1) is 0 Å². The van der Waals surface area contributed by atoms with Crippen LogP contribution in [0.5, 0.6) is 5.75 Å². The summed E-state index contributed by atoms with van der Waals surface area (Å²) in [4.78, 5) is 1.85. The van der Waals surface area contributed by atoms with Crippen LogP contribution in [0.25, 0.3) is 0 Å². The van der Waals surface area contributed by atoms with Crippen LogP contribution < -0.4 is 15.0 Å². The van der Waals surface area contributed by atoms with E-state index in [1.54, 1.807) is 0 Å². The molecule has 0 amide bonds. The van der Waals surface area contributed by atoms with Crippen molar-refractivity contribution in [1.29, 1.82) is 0 Å². The van der Waals surface area contributed by atoms with Gasteiger partial charge in [0, 0.05) is 12.8 Å². The van der Waals surface area contributed by atoms with Crippen molar-refractivity contribution in [2.45, 2.75) is 63.0 Å². The first kappa shape index (κ1) is 18.7. The van der Waals surface area contributed by atoms with E-state index in [4.69, 9.17) is 4.74 Å². The molecule has 1 aliphatic heterocycles. The fraction of sp³-hybridized carbons (Fsp3) is 0.714. The SMILES string of the molecule is O[C@H](C[NH2+]CC1([NH+]2CCCCC2)CCCCC1)COc1ccccc1. The minimum atomic E-state index is -0.405. The number of aliphatic hydroxyl groups is 1. The van der Waals surface area contributed by atoms with Crippen molar-refractivity contribution in [3.63, 3.8) is 0 Å². The zero-order chi connectivity index (χ0) is 17.4. The van der Waals surface area contributed by atoms with Crippen molar-refractivity contribution in [3.8, 4) is 5.75 Å². The lowest BCUT2D eigenvalue weighted by Gasteiger charge is -2.43. The van der Waals surface area contributed by atoms with Gasteiger partial charge < -0.3 is 20.1 Å². The predicted molar refractivity (Wildman–Crippen MR) is 100.0 cm³/mol. The van der Waals surface area contributed by atoms with E-state index in [1.807, 2.05) is 35.2 Å². The second-order valence-corrected chi connectivity index (χ2v) is 8.01. The fourth-order valence-corrected chi connectivity index (χ4v) is 4.77. The number of aliphatic hydroxyl groups excluding tert-OH is 1. The Kier molecular flexibility index (Phi) is 7.14. The highest BCUT2D eigenvalue weighted by atomic mass is 16.5. The summed E-state index contributed by atoms with van der Waals surface area (Å²) in [5.41, 5.74) is 0.457. The van der Waals surface area contributed by atoms with E-state index in [1.165, 1.54) is 64.5 Å². The van der Waals surface area contributed by atoms with E-state index in [0.29, 0.717) is 12.1 Å². The molecule has 1 saturated heterocycles. The predicted octanol–water partition coefficient (Wildman–Crippen LogP) is 0.761. The van der Waals surface area contributed by atoms with Gasteiger partial charge in [-0.25, -0.2) is 0 Å². The number of likely N-dealkylation sites (tertiary alicyclic amines) is 1. The Hall–Kier alpha value is -1.10. The van der Waals surface area contributed by atoms with Crippen LogP contribution in [-0.2, 0) is 0 Å². The van der Waals surface area contributed by atoms with E-state index < -0.39 is 6.10 Å². The smallest absolute Gasteiger partial charge is 0.147 e. The van der Waals surface area contributed by atoms with Crippen LogP contribution in [0.1, 0.15) is 51.4 Å². The molecule has 1 atom stereocenters. The van der Waals surface area contributed by atoms with Crippen LogP contribution in [0.15, 0.2) is 30.3 Å². The van der Waals surface area contributed by atoms with Crippen molar-refractivity contribution in [2.75, 3.05) is 32.8 Å². The fourth-order valence-electron chi connectivity index (χ4n) is 4.77. The van der Waals surface area contributed by atoms with Crippen LogP contribution in [0.2, 0.25) is 0 Å². The van der Waals surface area contributed by atoms with Crippen LogP contribution in [0.4, 0.5) is 0 Å². The van der Waals surface area contributed by atoms with Crippen molar-refractivity contribution in [1.82, 2.24) is 0 Å². The van der Waals surface area contributed by atoms with Gasteiger partial charge in [-0.2, -0.15) is 0 Å². The molecule has 4 N–H and O–H groups in total. The zero-order valence-corrected chi connectivity index (χ0v) is 15.6. The molecule has 2 fully saturated rings. The molecule has 1 aliphatic carbocycles. The molecule has 1 saturated carbocycles. The molecule has 2 aliphatic rings. The summed E-state index contributed by atoms with van der Waals surface area (Å²) in [5.74, 6) is 0.836. The molecular weight excluding hydrogens is 312 g/mol. The van der Waals surface area contributed by atoms with E-state index >= 15 is 0 Å². The number of piperidine rings is 1. The van der Waals surface area contributed by atoms with E-state index in [-0.39, 0.29) is 0 Å². The maximum absolute atomic E-state index is 10.3. The van der Waals surface area contributed by atoms with Crippen LogP contribution >= 0.6 is 0 Å². The van der Waals surface area contributed by atoms with Gasteiger partial charge in [0.15, 0.2) is 0 Å². The number of ether oxygens (including phenoxy) is 1. The van der Waals surface area contributed by atoms with E-state index in [0.717, 1.165) is 18.8 Å². The summed E-state index contributed by atoms with van der Waals surface area (Å²) in [6.45, 7) is 4.98. The molecule has 3 rings (SSSR count). The van der Waals surface area contributed by atoms with Crippen molar-refractivity contribution < 1.29 is 20.1 Å². The molecule has 0 radical (unpaired) electrons. The Morgan fingerprint density at radius 2 is 1.68 bits per heavy atom. The zero-order valence-electron chi connectivity index (χ0n) is 15.6. The molecule has 0 bridgehead atoms. The van der Waals surface area contributed by atoms with Gasteiger partial charge in [-0.15, -0.1) is 0 Å². The topological polar surface area (TPSA) is 50.5 Å². The number of nitrogens with one attached hydrogen (secondary N) is 1. The second kappa shape index (κ2) is 9.56. The third-order valence-corrected chi connectivity index (χ3v) is 6.18. The number of quaternary nitrogens is 2. The molecule has 1 aromatic rings. The molecule has 1 aromatic carbocycles. The largest absolute Gasteiger partial charge is 0.491 e. The number of benzene rings is 1. The van der Waals surface area contributed by atoms with Gasteiger partial charge >= 0.3 is 0 Å². The van der Waals surface area contributed by atoms with E-state index in [2.05, 4.69) is 5.32 Å². The summed E-state index contributed by atoms with van der Waals surface area (Å²) in [5, 5.41) is 12.6. The Bertz CT molecular complexity index is 482. The van der Waals surface area contributed by atoms with Gasteiger partial charge in [-0.1, -0.05) is 24.6 Å². The maximum Gasteiger partial charge on any atom is 0.147 e. The van der Waals surface area contributed by atoms with Gasteiger partial charge in [0.05, 0.1) is 13.1 Å². The number of hydrogen-bond donors (Lipinski definition) is 3. The van der Waals surface area contributed by atoms with E-state index in [9.17, 15) is 5.11 Å². The Labute approximate surface area is 152 Å². The van der Waals surface area contributed by atoms with Crippen molar-refractivity contribution >= 4 is 0 Å². The highest BCUT2D eigenvalue weighted by Gasteiger charge is 2.43. The lowest BCUT2D eigenvalue weighted by Crippen LogP contribution is -3.24. The normalized spacial score (nSPS) is 22.4. The quantitative estimate of drug-likeness (QED) is 0.650. The number of hydrogen-bond acceptors (Lipinski definition) is 2. The molecule has 0 aromatic heterocycles. The molecule has 4 heteroatoms. The lowest BCUT2D eigenvalue weighted by atomic mass is 9.79. The summed E-state index contributed by atoms with van der Waals surface area (Å²) in [7, 11) is 0. The van der Waals surface area contributed by atoms with Crippen LogP contribution in [0.3, 0.4) is 0 Å². The lowest BCUT2D eigenvalue weighted by molar-refractivity contribution is -0.972. The van der Waals surface area contributed by atoms with Gasteiger partial charge in [-0.05, 0) is 44.2 Å². The first-order chi connectivity index (χ1) is 12.3. The minimum absolute atomic E-state index is 0.379. The summed E-state index contributed by atoms with van der Waals surface area (Å²) in [6.07, 6.45) is 10.7. The van der Waals surface area contributed by atoms with Crippen LogP contribution in [-0.4, -0.2) is 49.5 Å². The van der Waals surface area contributed by atoms with Gasteiger partial charge in [0.1, 0.15) is 37.1 Å². The first-order valence-electron chi connectivity index (χ1n) is 10.3. The minimum Gasteiger partial charge on any atom is -0.491 e. The van der Waals surface area contributed by atoms with Gasteiger partial charge in [0.25, 0.3) is 0 Å². The molecule has 1 heterocycles. The summed E-state index contributed by atoms with van der Waals surface area (Å²) < 4.78 is 5.68. The van der Waals surface area contributed by atoms with Gasteiger partial charge in [-0.3, -0.25) is 0 Å². The Balaban J connectivity index is 1.44. The van der Waals surface area contributed by atoms with Crippen molar-refractivity contribution in [2.24, 2.45) is 0 Å².